The second kappa shape index (κ2) is 7.04. The molecule has 0 unspecified atom stereocenters. The van der Waals surface area contributed by atoms with Crippen molar-refractivity contribution in [3.05, 3.63) is 53.3 Å². The van der Waals surface area contributed by atoms with Crippen LogP contribution in [0.5, 0.6) is 0 Å². The van der Waals surface area contributed by atoms with E-state index >= 15 is 0 Å². The molecule has 1 heterocycles. The summed E-state index contributed by atoms with van der Waals surface area (Å²) >= 11 is 0. The van der Waals surface area contributed by atoms with E-state index in [1.165, 1.54) is 0 Å². The molecule has 1 atom stereocenters. The Morgan fingerprint density at radius 2 is 2.05 bits per heavy atom. The van der Waals surface area contributed by atoms with E-state index in [2.05, 4.69) is 10.4 Å². The fraction of sp³-hybridized carbons (Fsp3) is 0.375. The van der Waals surface area contributed by atoms with E-state index in [0.29, 0.717) is 12.2 Å². The van der Waals surface area contributed by atoms with Gasteiger partial charge in [0.25, 0.3) is 5.91 Å². The van der Waals surface area contributed by atoms with Gasteiger partial charge in [-0.25, -0.2) is 0 Å². The summed E-state index contributed by atoms with van der Waals surface area (Å²) in [4.78, 5) is 12.4. The van der Waals surface area contributed by atoms with Gasteiger partial charge in [0.1, 0.15) is 5.69 Å². The highest BCUT2D eigenvalue weighted by molar-refractivity contribution is 5.93. The van der Waals surface area contributed by atoms with Crippen LogP contribution in [0, 0.1) is 0 Å². The zero-order valence-electron chi connectivity index (χ0n) is 12.4. The monoisotopic (exact) mass is 287 g/mol. The molecule has 5 nitrogen and oxygen atoms in total. The Morgan fingerprint density at radius 1 is 1.33 bits per heavy atom. The van der Waals surface area contributed by atoms with E-state index in [0.717, 1.165) is 17.7 Å². The topological polar surface area (TPSA) is 67.2 Å². The number of carbonyl (C=O) groups is 1. The van der Waals surface area contributed by atoms with Crippen molar-refractivity contribution in [2.75, 3.05) is 6.61 Å². The Bertz CT molecular complexity index is 593. The maximum atomic E-state index is 12.4. The number of nitrogens with one attached hydrogen (secondary N) is 1. The molecule has 0 fully saturated rings. The largest absolute Gasteiger partial charge is 0.394 e. The molecule has 0 radical (unpaired) electrons. The summed E-state index contributed by atoms with van der Waals surface area (Å²) in [5, 5.41) is 16.7. The van der Waals surface area contributed by atoms with Gasteiger partial charge in [0.05, 0.1) is 18.3 Å². The van der Waals surface area contributed by atoms with Crippen molar-refractivity contribution in [1.82, 2.24) is 15.1 Å². The van der Waals surface area contributed by atoms with Crippen LogP contribution in [0.4, 0.5) is 0 Å². The minimum absolute atomic E-state index is 0.142. The first kappa shape index (κ1) is 15.3. The first-order valence-electron chi connectivity index (χ1n) is 7.23. The lowest BCUT2D eigenvalue weighted by atomic mass is 10.1. The fourth-order valence-electron chi connectivity index (χ4n) is 2.22. The second-order valence-electron chi connectivity index (χ2n) is 4.81. The van der Waals surface area contributed by atoms with E-state index in [1.54, 1.807) is 10.7 Å². The molecule has 0 spiro atoms. The summed E-state index contributed by atoms with van der Waals surface area (Å²) in [5.74, 6) is -0.216. The molecule has 0 saturated carbocycles. The Labute approximate surface area is 124 Å². The quantitative estimate of drug-likeness (QED) is 0.853. The van der Waals surface area contributed by atoms with Crippen molar-refractivity contribution in [2.45, 2.75) is 32.9 Å². The maximum absolute atomic E-state index is 12.4. The van der Waals surface area contributed by atoms with Crippen LogP contribution in [0.1, 0.15) is 41.6 Å². The summed E-state index contributed by atoms with van der Waals surface area (Å²) in [5.41, 5.74) is 2.30. The molecule has 0 aliphatic rings. The van der Waals surface area contributed by atoms with Gasteiger partial charge in [-0.2, -0.15) is 5.10 Å². The van der Waals surface area contributed by atoms with E-state index in [4.69, 9.17) is 0 Å². The molecule has 0 saturated heterocycles. The van der Waals surface area contributed by atoms with Crippen LogP contribution in [0.25, 0.3) is 0 Å². The van der Waals surface area contributed by atoms with Gasteiger partial charge in [0, 0.05) is 6.54 Å². The van der Waals surface area contributed by atoms with Crippen LogP contribution in [-0.2, 0) is 13.0 Å². The third kappa shape index (κ3) is 3.49. The lowest BCUT2D eigenvalue weighted by molar-refractivity contribution is 0.0905. The number of hydrogen-bond donors (Lipinski definition) is 2. The first-order valence-corrected chi connectivity index (χ1v) is 7.23. The maximum Gasteiger partial charge on any atom is 0.270 e. The van der Waals surface area contributed by atoms with Gasteiger partial charge in [-0.1, -0.05) is 37.3 Å². The van der Waals surface area contributed by atoms with Crippen LogP contribution < -0.4 is 5.32 Å². The number of amides is 1. The van der Waals surface area contributed by atoms with E-state index in [9.17, 15) is 9.90 Å². The highest BCUT2D eigenvalue weighted by atomic mass is 16.3. The average molecular weight is 287 g/mol. The van der Waals surface area contributed by atoms with Crippen molar-refractivity contribution in [3.63, 3.8) is 0 Å². The first-order chi connectivity index (χ1) is 10.2. The summed E-state index contributed by atoms with van der Waals surface area (Å²) in [6.45, 7) is 4.45. The molecule has 0 bridgehead atoms. The van der Waals surface area contributed by atoms with Gasteiger partial charge in [0.2, 0.25) is 0 Å². The van der Waals surface area contributed by atoms with Crippen molar-refractivity contribution >= 4 is 5.91 Å². The lowest BCUT2D eigenvalue weighted by Gasteiger charge is -2.16. The molecular formula is C16H21N3O2. The summed E-state index contributed by atoms with van der Waals surface area (Å²) < 4.78 is 1.69. The number of nitrogens with zero attached hydrogens (tertiary/aromatic N) is 2. The highest BCUT2D eigenvalue weighted by Gasteiger charge is 2.18. The number of benzene rings is 1. The smallest absolute Gasteiger partial charge is 0.270 e. The van der Waals surface area contributed by atoms with Crippen LogP contribution in [0.3, 0.4) is 0 Å². The molecule has 21 heavy (non-hydrogen) atoms. The molecular weight excluding hydrogens is 266 g/mol. The Morgan fingerprint density at radius 3 is 2.62 bits per heavy atom. The van der Waals surface area contributed by atoms with Crippen LogP contribution >= 0.6 is 0 Å². The Hall–Kier alpha value is -2.14. The lowest BCUT2D eigenvalue weighted by Crippen LogP contribution is -2.32. The number of aromatic nitrogens is 2. The number of carbonyl (C=O) groups excluding carboxylic acids is 1. The number of hydrogen-bond acceptors (Lipinski definition) is 3. The molecule has 2 aromatic rings. The summed E-state index contributed by atoms with van der Waals surface area (Å²) in [6.07, 6.45) is 0.787. The Balaban J connectivity index is 2.18. The van der Waals surface area contributed by atoms with Gasteiger partial charge >= 0.3 is 0 Å². The molecule has 1 amide bonds. The molecule has 112 valence electrons. The zero-order chi connectivity index (χ0) is 15.2. The van der Waals surface area contributed by atoms with E-state index in [1.807, 2.05) is 44.2 Å². The molecule has 5 heteroatoms. The zero-order valence-corrected chi connectivity index (χ0v) is 12.4. The van der Waals surface area contributed by atoms with Crippen LogP contribution in [0.2, 0.25) is 0 Å². The normalized spacial score (nSPS) is 12.1. The number of aliphatic hydroxyl groups excluding tert-OH is 1. The van der Waals surface area contributed by atoms with Gasteiger partial charge in [-0.05, 0) is 25.0 Å². The van der Waals surface area contributed by atoms with Gasteiger partial charge in [-0.15, -0.1) is 0 Å². The van der Waals surface area contributed by atoms with Crippen molar-refractivity contribution in [1.29, 1.82) is 0 Å². The predicted octanol–water partition coefficient (Wildman–Crippen LogP) is 1.93. The SMILES string of the molecule is CCc1cc(C(=O)N[C@@H](CO)c2ccccc2)n(CC)n1. The van der Waals surface area contributed by atoms with Gasteiger partial charge in [0.15, 0.2) is 0 Å². The third-order valence-corrected chi connectivity index (χ3v) is 3.41. The Kier molecular flexibility index (Phi) is 5.11. The predicted molar refractivity (Wildman–Crippen MR) is 81.0 cm³/mol. The van der Waals surface area contributed by atoms with Crippen molar-refractivity contribution in [3.8, 4) is 0 Å². The van der Waals surface area contributed by atoms with Gasteiger partial charge in [-0.3, -0.25) is 9.48 Å². The minimum Gasteiger partial charge on any atom is -0.394 e. The third-order valence-electron chi connectivity index (χ3n) is 3.41. The van der Waals surface area contributed by atoms with E-state index < -0.39 is 6.04 Å². The number of aryl methyl sites for hydroxylation is 2. The molecule has 2 rings (SSSR count). The fourth-order valence-corrected chi connectivity index (χ4v) is 2.22. The van der Waals surface area contributed by atoms with Crippen molar-refractivity contribution < 1.29 is 9.90 Å². The average Bonchev–Trinajstić information content (AvgIpc) is 2.96. The summed E-state index contributed by atoms with van der Waals surface area (Å²) in [6, 6.07) is 10.8. The number of rotatable bonds is 6. The molecule has 1 aromatic carbocycles. The molecule has 0 aliphatic heterocycles. The van der Waals surface area contributed by atoms with Crippen LogP contribution in [-0.4, -0.2) is 27.4 Å². The molecule has 2 N–H and O–H groups in total. The standard InChI is InChI=1S/C16H21N3O2/c1-3-13-10-15(19(4-2)18-13)16(21)17-14(11-20)12-8-6-5-7-9-12/h5-10,14,20H,3-4,11H2,1-2H3,(H,17,21)/t14-/m0/s1. The van der Waals surface area contributed by atoms with Crippen LogP contribution in [0.15, 0.2) is 36.4 Å². The summed E-state index contributed by atoms with van der Waals surface area (Å²) in [7, 11) is 0. The van der Waals surface area contributed by atoms with E-state index in [-0.39, 0.29) is 12.5 Å². The number of aliphatic hydroxyl groups is 1. The minimum atomic E-state index is -0.413. The highest BCUT2D eigenvalue weighted by Crippen LogP contribution is 2.13. The molecule has 1 aromatic heterocycles. The second-order valence-corrected chi connectivity index (χ2v) is 4.81. The molecule has 0 aliphatic carbocycles. The van der Waals surface area contributed by atoms with Crippen molar-refractivity contribution in [2.24, 2.45) is 0 Å². The van der Waals surface area contributed by atoms with Gasteiger partial charge < -0.3 is 10.4 Å².